The second-order valence-electron chi connectivity index (χ2n) is 3.43. The van der Waals surface area contributed by atoms with E-state index in [0.29, 0.717) is 22.4 Å². The number of anilines is 2. The van der Waals surface area contributed by atoms with Gasteiger partial charge in [0.25, 0.3) is 0 Å². The maximum absolute atomic E-state index is 8.81. The standard InChI is InChI=1S/C12H9ClN4/c1-8-6-9(7-14)16-12(15-8)17-11-5-3-2-4-10(11)13/h2-6H,1H3,(H,15,16,17). The Morgan fingerprint density at radius 3 is 2.76 bits per heavy atom. The van der Waals surface area contributed by atoms with Crippen LogP contribution in [0.3, 0.4) is 0 Å². The quantitative estimate of drug-likeness (QED) is 0.882. The fourth-order valence-electron chi connectivity index (χ4n) is 1.36. The SMILES string of the molecule is Cc1cc(C#N)nc(Nc2ccccc2Cl)n1. The molecule has 0 spiro atoms. The van der Waals surface area contributed by atoms with Crippen LogP contribution in [0.1, 0.15) is 11.4 Å². The van der Waals surface area contributed by atoms with Crippen molar-refractivity contribution in [1.29, 1.82) is 5.26 Å². The summed E-state index contributed by atoms with van der Waals surface area (Å²) in [5.41, 5.74) is 1.77. The second kappa shape index (κ2) is 4.81. The van der Waals surface area contributed by atoms with Crippen LogP contribution >= 0.6 is 11.6 Å². The Morgan fingerprint density at radius 1 is 1.29 bits per heavy atom. The Kier molecular flexibility index (Phi) is 3.22. The Labute approximate surface area is 104 Å². The van der Waals surface area contributed by atoms with Crippen LogP contribution in [0.15, 0.2) is 30.3 Å². The first kappa shape index (κ1) is 11.4. The number of hydrogen-bond donors (Lipinski definition) is 1. The van der Waals surface area contributed by atoms with Gasteiger partial charge in [-0.1, -0.05) is 23.7 Å². The van der Waals surface area contributed by atoms with Gasteiger partial charge >= 0.3 is 0 Å². The van der Waals surface area contributed by atoms with Gasteiger partial charge in [-0.05, 0) is 25.1 Å². The molecule has 0 saturated carbocycles. The molecule has 1 aromatic heterocycles. The summed E-state index contributed by atoms with van der Waals surface area (Å²) >= 11 is 6.00. The Bertz CT molecular complexity index is 589. The number of nitrogens with one attached hydrogen (secondary N) is 1. The highest BCUT2D eigenvalue weighted by molar-refractivity contribution is 6.33. The van der Waals surface area contributed by atoms with Gasteiger partial charge in [-0.3, -0.25) is 0 Å². The molecule has 0 aliphatic heterocycles. The Balaban J connectivity index is 2.34. The maximum Gasteiger partial charge on any atom is 0.228 e. The molecule has 17 heavy (non-hydrogen) atoms. The second-order valence-corrected chi connectivity index (χ2v) is 3.84. The highest BCUT2D eigenvalue weighted by Gasteiger charge is 2.04. The third-order valence-electron chi connectivity index (χ3n) is 2.09. The Morgan fingerprint density at radius 2 is 2.06 bits per heavy atom. The first-order valence-electron chi connectivity index (χ1n) is 4.96. The minimum absolute atomic E-state index is 0.326. The lowest BCUT2D eigenvalue weighted by molar-refractivity contribution is 1.09. The Hall–Kier alpha value is -2.12. The largest absolute Gasteiger partial charge is 0.323 e. The molecule has 0 radical (unpaired) electrons. The molecule has 2 aromatic rings. The van der Waals surface area contributed by atoms with E-state index in [4.69, 9.17) is 16.9 Å². The smallest absolute Gasteiger partial charge is 0.228 e. The van der Waals surface area contributed by atoms with E-state index in [1.165, 1.54) is 0 Å². The molecule has 0 atom stereocenters. The zero-order chi connectivity index (χ0) is 12.3. The van der Waals surface area contributed by atoms with Gasteiger partial charge in [0.05, 0.1) is 10.7 Å². The third kappa shape index (κ3) is 2.71. The summed E-state index contributed by atoms with van der Waals surface area (Å²) in [6.45, 7) is 1.81. The average molecular weight is 245 g/mol. The molecule has 0 unspecified atom stereocenters. The molecule has 2 rings (SSSR count). The first-order chi connectivity index (χ1) is 8.19. The molecule has 0 bridgehead atoms. The fraction of sp³-hybridized carbons (Fsp3) is 0.0833. The zero-order valence-corrected chi connectivity index (χ0v) is 9.86. The third-order valence-corrected chi connectivity index (χ3v) is 2.42. The molecule has 1 heterocycles. The van der Waals surface area contributed by atoms with Gasteiger partial charge in [-0.2, -0.15) is 5.26 Å². The van der Waals surface area contributed by atoms with Gasteiger partial charge in [-0.15, -0.1) is 0 Å². The van der Waals surface area contributed by atoms with Gasteiger partial charge in [0.2, 0.25) is 5.95 Å². The number of nitrogens with zero attached hydrogens (tertiary/aromatic N) is 3. The monoisotopic (exact) mass is 244 g/mol. The van der Waals surface area contributed by atoms with Crippen LogP contribution in [-0.4, -0.2) is 9.97 Å². The van der Waals surface area contributed by atoms with E-state index >= 15 is 0 Å². The van der Waals surface area contributed by atoms with Crippen molar-refractivity contribution in [2.24, 2.45) is 0 Å². The van der Waals surface area contributed by atoms with Crippen LogP contribution in [0.5, 0.6) is 0 Å². The van der Waals surface area contributed by atoms with Gasteiger partial charge in [0, 0.05) is 5.69 Å². The summed E-state index contributed by atoms with van der Waals surface area (Å²) in [6.07, 6.45) is 0. The number of rotatable bonds is 2. The predicted molar refractivity (Wildman–Crippen MR) is 66.2 cm³/mol. The summed E-state index contributed by atoms with van der Waals surface area (Å²) in [4.78, 5) is 8.23. The van der Waals surface area contributed by atoms with Crippen molar-refractivity contribution in [2.45, 2.75) is 6.92 Å². The number of halogens is 1. The predicted octanol–water partition coefficient (Wildman–Crippen LogP) is 3.05. The van der Waals surface area contributed by atoms with E-state index in [1.54, 1.807) is 19.1 Å². The van der Waals surface area contributed by atoms with Gasteiger partial charge in [-0.25, -0.2) is 9.97 Å². The molecule has 84 valence electrons. The molecule has 0 amide bonds. The van der Waals surface area contributed by atoms with Gasteiger partial charge < -0.3 is 5.32 Å². The van der Waals surface area contributed by atoms with Crippen LogP contribution in [0.25, 0.3) is 0 Å². The average Bonchev–Trinajstić information content (AvgIpc) is 2.31. The van der Waals surface area contributed by atoms with Crippen molar-refractivity contribution in [3.8, 4) is 6.07 Å². The number of aryl methyl sites for hydroxylation is 1. The normalized spacial score (nSPS) is 9.71. The molecule has 5 heteroatoms. The minimum atomic E-state index is 0.326. The maximum atomic E-state index is 8.81. The summed E-state index contributed by atoms with van der Waals surface area (Å²) in [6, 6.07) is 10.9. The van der Waals surface area contributed by atoms with Crippen LogP contribution in [0.4, 0.5) is 11.6 Å². The molecule has 1 N–H and O–H groups in total. The summed E-state index contributed by atoms with van der Waals surface area (Å²) in [5, 5.41) is 12.4. The zero-order valence-electron chi connectivity index (χ0n) is 9.11. The number of hydrogen-bond acceptors (Lipinski definition) is 4. The van der Waals surface area contributed by atoms with E-state index in [2.05, 4.69) is 15.3 Å². The number of para-hydroxylation sites is 1. The van der Waals surface area contributed by atoms with Crippen molar-refractivity contribution >= 4 is 23.2 Å². The van der Waals surface area contributed by atoms with Crippen LogP contribution in [-0.2, 0) is 0 Å². The fourth-order valence-corrected chi connectivity index (χ4v) is 1.55. The molecule has 0 fully saturated rings. The number of aromatic nitrogens is 2. The minimum Gasteiger partial charge on any atom is -0.323 e. The first-order valence-corrected chi connectivity index (χ1v) is 5.34. The lowest BCUT2D eigenvalue weighted by Crippen LogP contribution is -2.00. The van der Waals surface area contributed by atoms with E-state index in [9.17, 15) is 0 Å². The lowest BCUT2D eigenvalue weighted by atomic mass is 10.3. The topological polar surface area (TPSA) is 61.6 Å². The van der Waals surface area contributed by atoms with Crippen molar-refractivity contribution < 1.29 is 0 Å². The molecule has 0 aliphatic carbocycles. The van der Waals surface area contributed by atoms with Crippen LogP contribution in [0, 0.1) is 18.3 Å². The summed E-state index contributed by atoms with van der Waals surface area (Å²) < 4.78 is 0. The van der Waals surface area contributed by atoms with Gasteiger partial charge in [0.15, 0.2) is 0 Å². The molecular formula is C12H9ClN4. The van der Waals surface area contributed by atoms with Crippen LogP contribution < -0.4 is 5.32 Å². The van der Waals surface area contributed by atoms with Crippen molar-refractivity contribution in [1.82, 2.24) is 9.97 Å². The van der Waals surface area contributed by atoms with Crippen molar-refractivity contribution in [2.75, 3.05) is 5.32 Å². The van der Waals surface area contributed by atoms with Crippen LogP contribution in [0.2, 0.25) is 5.02 Å². The number of benzene rings is 1. The van der Waals surface area contributed by atoms with Gasteiger partial charge in [0.1, 0.15) is 11.8 Å². The lowest BCUT2D eigenvalue weighted by Gasteiger charge is -2.07. The van der Waals surface area contributed by atoms with E-state index < -0.39 is 0 Å². The molecule has 0 saturated heterocycles. The van der Waals surface area contributed by atoms with E-state index in [-0.39, 0.29) is 0 Å². The summed E-state index contributed by atoms with van der Waals surface area (Å²) in [7, 11) is 0. The van der Waals surface area contributed by atoms with E-state index in [1.807, 2.05) is 24.3 Å². The molecule has 0 aliphatic rings. The molecule has 4 nitrogen and oxygen atoms in total. The highest BCUT2D eigenvalue weighted by Crippen LogP contribution is 2.23. The van der Waals surface area contributed by atoms with Crippen molar-refractivity contribution in [3.05, 3.63) is 46.7 Å². The highest BCUT2D eigenvalue weighted by atomic mass is 35.5. The van der Waals surface area contributed by atoms with Crippen molar-refractivity contribution in [3.63, 3.8) is 0 Å². The molecule has 1 aromatic carbocycles. The van der Waals surface area contributed by atoms with E-state index in [0.717, 1.165) is 5.69 Å². The molecular weight excluding hydrogens is 236 g/mol. The summed E-state index contributed by atoms with van der Waals surface area (Å²) in [5.74, 6) is 0.370. The number of nitriles is 1.